The van der Waals surface area contributed by atoms with Gasteiger partial charge in [-0.2, -0.15) is 0 Å². The Bertz CT molecular complexity index is 745. The van der Waals surface area contributed by atoms with E-state index in [1.165, 1.54) is 19.8 Å². The molecule has 2 aliphatic rings. The second kappa shape index (κ2) is 8.42. The third-order valence-electron chi connectivity index (χ3n) is 5.36. The van der Waals surface area contributed by atoms with Crippen molar-refractivity contribution in [3.05, 3.63) is 52.5 Å². The number of hydrogen-bond acceptors (Lipinski definition) is 5. The number of ether oxygens (including phenoxy) is 3. The van der Waals surface area contributed by atoms with E-state index in [-0.39, 0.29) is 23.1 Å². The van der Waals surface area contributed by atoms with Gasteiger partial charge in [0.1, 0.15) is 5.75 Å². The molecule has 0 aromatic heterocycles. The maximum absolute atomic E-state index is 12.7. The fraction of sp³-hybridized carbons (Fsp3) is 0.455. The third-order valence-corrected chi connectivity index (χ3v) is 5.36. The molecule has 0 saturated heterocycles. The molecule has 3 rings (SSSR count). The number of Topliss-reactive ketones (excluding diaryl/α,β-unsaturated/α-hetero) is 2. The van der Waals surface area contributed by atoms with E-state index < -0.39 is 0 Å². The summed E-state index contributed by atoms with van der Waals surface area (Å²) >= 11 is 0. The number of rotatable bonds is 6. The number of benzene rings is 1. The van der Waals surface area contributed by atoms with Gasteiger partial charge in [0.05, 0.1) is 20.8 Å². The first kappa shape index (κ1) is 19.2. The Morgan fingerprint density at radius 2 is 1.41 bits per heavy atom. The lowest BCUT2D eigenvalue weighted by molar-refractivity contribution is -0.121. The van der Waals surface area contributed by atoms with Crippen molar-refractivity contribution in [2.75, 3.05) is 20.8 Å². The Kier molecular flexibility index (Phi) is 5.99. The van der Waals surface area contributed by atoms with Crippen LogP contribution in [0.5, 0.6) is 5.75 Å². The highest BCUT2D eigenvalue weighted by Gasteiger charge is 2.37. The van der Waals surface area contributed by atoms with Gasteiger partial charge >= 0.3 is 0 Å². The maximum Gasteiger partial charge on any atom is 0.228 e. The average Bonchev–Trinajstić information content (AvgIpc) is 2.89. The molecule has 0 atom stereocenters. The lowest BCUT2D eigenvalue weighted by atomic mass is 9.89. The summed E-state index contributed by atoms with van der Waals surface area (Å²) in [7, 11) is 2.79. The largest absolute Gasteiger partial charge is 0.494 e. The van der Waals surface area contributed by atoms with E-state index >= 15 is 0 Å². The fourth-order valence-electron chi connectivity index (χ4n) is 3.76. The van der Waals surface area contributed by atoms with Crippen LogP contribution < -0.4 is 4.74 Å². The number of hydrogen-bond donors (Lipinski definition) is 0. The smallest absolute Gasteiger partial charge is 0.228 e. The quantitative estimate of drug-likeness (QED) is 0.711. The molecule has 144 valence electrons. The van der Waals surface area contributed by atoms with E-state index in [0.29, 0.717) is 36.5 Å². The number of carbonyl (C=O) groups excluding carboxylic acids is 2. The van der Waals surface area contributed by atoms with Gasteiger partial charge < -0.3 is 14.2 Å². The standard InChI is InChI=1S/C22H26O5/c1-14-4-8-16(9-5-14)27-13-12-15-6-10-17-18(11-7-15)20(24)22(26-3)21(25-2)19(17)23/h4-5,8-9,15H,6-7,10-13H2,1-3H3. The Hall–Kier alpha value is -2.56. The zero-order chi connectivity index (χ0) is 19.4. The summed E-state index contributed by atoms with van der Waals surface area (Å²) in [5, 5.41) is 0. The van der Waals surface area contributed by atoms with Crippen LogP contribution >= 0.6 is 0 Å². The molecule has 0 N–H and O–H groups in total. The van der Waals surface area contributed by atoms with E-state index in [0.717, 1.165) is 25.0 Å². The van der Waals surface area contributed by atoms with Gasteiger partial charge in [-0.15, -0.1) is 0 Å². The lowest BCUT2D eigenvalue weighted by Gasteiger charge is -2.20. The summed E-state index contributed by atoms with van der Waals surface area (Å²) in [5.74, 6) is 0.931. The van der Waals surface area contributed by atoms with Crippen molar-refractivity contribution >= 4 is 11.6 Å². The minimum atomic E-state index is -0.208. The van der Waals surface area contributed by atoms with Crippen LogP contribution in [-0.2, 0) is 19.1 Å². The van der Waals surface area contributed by atoms with Crippen molar-refractivity contribution in [3.8, 4) is 5.75 Å². The normalized spacial score (nSPS) is 18.3. The summed E-state index contributed by atoms with van der Waals surface area (Å²) in [6.45, 7) is 2.68. The molecular formula is C22H26O5. The van der Waals surface area contributed by atoms with Gasteiger partial charge in [-0.3, -0.25) is 9.59 Å². The Balaban J connectivity index is 1.60. The predicted molar refractivity (Wildman–Crippen MR) is 101 cm³/mol. The molecule has 1 aromatic carbocycles. The Morgan fingerprint density at radius 3 is 1.89 bits per heavy atom. The van der Waals surface area contributed by atoms with Gasteiger partial charge in [0.25, 0.3) is 0 Å². The summed E-state index contributed by atoms with van der Waals surface area (Å²) in [6.07, 6.45) is 3.83. The number of carbonyl (C=O) groups is 2. The molecule has 0 aliphatic heterocycles. The van der Waals surface area contributed by atoms with Crippen LogP contribution in [-0.4, -0.2) is 32.4 Å². The van der Waals surface area contributed by atoms with Gasteiger partial charge in [0.2, 0.25) is 23.1 Å². The number of ketones is 2. The van der Waals surface area contributed by atoms with Crippen LogP contribution in [0.4, 0.5) is 0 Å². The summed E-state index contributed by atoms with van der Waals surface area (Å²) in [6, 6.07) is 8.02. The number of allylic oxidation sites excluding steroid dienone is 2. The van der Waals surface area contributed by atoms with Crippen molar-refractivity contribution in [1.29, 1.82) is 0 Å². The zero-order valence-electron chi connectivity index (χ0n) is 16.2. The SMILES string of the molecule is COC1=C(OC)C(=O)C2=C(CCC(CCOc3ccc(C)cc3)CC2)C1=O. The van der Waals surface area contributed by atoms with Crippen LogP contribution in [0, 0.1) is 12.8 Å². The topological polar surface area (TPSA) is 61.8 Å². The first-order chi connectivity index (χ1) is 13.0. The van der Waals surface area contributed by atoms with E-state index in [9.17, 15) is 9.59 Å². The number of methoxy groups -OCH3 is 2. The Morgan fingerprint density at radius 1 is 0.889 bits per heavy atom. The molecule has 0 heterocycles. The highest BCUT2D eigenvalue weighted by molar-refractivity contribution is 6.23. The summed E-state index contributed by atoms with van der Waals surface area (Å²) in [5.41, 5.74) is 2.40. The number of aryl methyl sites for hydroxylation is 1. The molecule has 5 heteroatoms. The second-order valence-electron chi connectivity index (χ2n) is 7.08. The fourth-order valence-corrected chi connectivity index (χ4v) is 3.76. The molecule has 0 spiro atoms. The Labute approximate surface area is 160 Å². The van der Waals surface area contributed by atoms with E-state index in [1.807, 2.05) is 31.2 Å². The van der Waals surface area contributed by atoms with Crippen LogP contribution in [0.1, 0.15) is 37.7 Å². The zero-order valence-corrected chi connectivity index (χ0v) is 16.2. The van der Waals surface area contributed by atoms with Crippen molar-refractivity contribution in [3.63, 3.8) is 0 Å². The first-order valence-corrected chi connectivity index (χ1v) is 9.38. The highest BCUT2D eigenvalue weighted by Crippen LogP contribution is 2.36. The molecular weight excluding hydrogens is 344 g/mol. The van der Waals surface area contributed by atoms with Crippen LogP contribution in [0.25, 0.3) is 0 Å². The molecule has 1 aromatic rings. The lowest BCUT2D eigenvalue weighted by Crippen LogP contribution is -2.25. The molecule has 0 bridgehead atoms. The highest BCUT2D eigenvalue weighted by atomic mass is 16.5. The second-order valence-corrected chi connectivity index (χ2v) is 7.08. The molecule has 2 aliphatic carbocycles. The first-order valence-electron chi connectivity index (χ1n) is 9.38. The van der Waals surface area contributed by atoms with Crippen molar-refractivity contribution in [2.45, 2.75) is 39.0 Å². The van der Waals surface area contributed by atoms with E-state index in [2.05, 4.69) is 0 Å². The minimum absolute atomic E-state index is 0.0300. The van der Waals surface area contributed by atoms with Gasteiger partial charge in [-0.25, -0.2) is 0 Å². The van der Waals surface area contributed by atoms with Crippen LogP contribution in [0.2, 0.25) is 0 Å². The minimum Gasteiger partial charge on any atom is -0.494 e. The molecule has 0 amide bonds. The van der Waals surface area contributed by atoms with Crippen molar-refractivity contribution in [1.82, 2.24) is 0 Å². The summed E-state index contributed by atoms with van der Waals surface area (Å²) < 4.78 is 16.1. The third kappa shape index (κ3) is 4.07. The van der Waals surface area contributed by atoms with Gasteiger partial charge in [-0.05, 0) is 57.1 Å². The molecule has 0 unspecified atom stereocenters. The molecule has 5 nitrogen and oxygen atoms in total. The van der Waals surface area contributed by atoms with Gasteiger partial charge in [0, 0.05) is 11.1 Å². The summed E-state index contributed by atoms with van der Waals surface area (Å²) in [4.78, 5) is 25.4. The van der Waals surface area contributed by atoms with Gasteiger partial charge in [-0.1, -0.05) is 17.7 Å². The van der Waals surface area contributed by atoms with E-state index in [4.69, 9.17) is 14.2 Å². The van der Waals surface area contributed by atoms with Crippen LogP contribution in [0.15, 0.2) is 46.9 Å². The molecule has 0 radical (unpaired) electrons. The predicted octanol–water partition coefficient (Wildman–Crippen LogP) is 3.91. The van der Waals surface area contributed by atoms with Crippen molar-refractivity contribution < 1.29 is 23.8 Å². The molecule has 0 fully saturated rings. The maximum atomic E-state index is 12.7. The van der Waals surface area contributed by atoms with E-state index in [1.54, 1.807) is 0 Å². The average molecular weight is 370 g/mol. The monoisotopic (exact) mass is 370 g/mol. The molecule has 27 heavy (non-hydrogen) atoms. The van der Waals surface area contributed by atoms with Gasteiger partial charge in [0.15, 0.2) is 0 Å². The van der Waals surface area contributed by atoms with Crippen molar-refractivity contribution in [2.24, 2.45) is 5.92 Å². The van der Waals surface area contributed by atoms with Crippen LogP contribution in [0.3, 0.4) is 0 Å². The molecule has 0 saturated carbocycles.